The van der Waals surface area contributed by atoms with E-state index < -0.39 is 5.97 Å². The lowest BCUT2D eigenvalue weighted by Gasteiger charge is -2.20. The van der Waals surface area contributed by atoms with Crippen LogP contribution in [-0.2, 0) is 9.53 Å². The van der Waals surface area contributed by atoms with Gasteiger partial charge in [-0.1, -0.05) is 56.8 Å². The first-order valence-electron chi connectivity index (χ1n) is 8.67. The van der Waals surface area contributed by atoms with Crippen LogP contribution in [0, 0.1) is 5.92 Å². The standard InChI is InChI=1S/C19H21ClN2O3S.CH4/c1-25-18(24)16-11-26-19(21-16)22-17(23)15(9-12-5-2-3-6-12)13-7-4-8-14(20)10-13;/h4,7-8,10-12,15H,2-3,5-6,9H2,1H3,(H,21,22,23);1H4. The molecule has 146 valence electrons. The van der Waals surface area contributed by atoms with Gasteiger partial charge >= 0.3 is 5.97 Å². The predicted molar refractivity (Wildman–Crippen MR) is 110 cm³/mol. The number of methoxy groups -OCH3 is 1. The SMILES string of the molecule is C.COC(=O)c1csc(NC(=O)C(CC2CCCC2)c2cccc(Cl)c2)n1. The molecule has 27 heavy (non-hydrogen) atoms. The van der Waals surface area contributed by atoms with Gasteiger partial charge in [-0.05, 0) is 30.0 Å². The van der Waals surface area contributed by atoms with Crippen molar-refractivity contribution in [1.82, 2.24) is 4.98 Å². The zero-order valence-corrected chi connectivity index (χ0v) is 16.1. The van der Waals surface area contributed by atoms with Gasteiger partial charge in [-0.2, -0.15) is 0 Å². The molecule has 0 radical (unpaired) electrons. The van der Waals surface area contributed by atoms with E-state index in [1.165, 1.54) is 31.3 Å². The normalized spacial score (nSPS) is 15.0. The number of hydrogen-bond acceptors (Lipinski definition) is 5. The number of ether oxygens (including phenoxy) is 1. The van der Waals surface area contributed by atoms with Gasteiger partial charge in [0, 0.05) is 10.4 Å². The van der Waals surface area contributed by atoms with Gasteiger partial charge in [0.1, 0.15) is 0 Å². The number of rotatable bonds is 6. The van der Waals surface area contributed by atoms with Gasteiger partial charge in [0.15, 0.2) is 10.8 Å². The average Bonchev–Trinajstić information content (AvgIpc) is 3.30. The predicted octanol–water partition coefficient (Wildman–Crippen LogP) is 5.52. The third kappa shape index (κ3) is 5.53. The van der Waals surface area contributed by atoms with Crippen LogP contribution >= 0.6 is 22.9 Å². The second-order valence-electron chi connectivity index (χ2n) is 6.51. The number of aromatic nitrogens is 1. The lowest BCUT2D eigenvalue weighted by molar-refractivity contribution is -0.118. The van der Waals surface area contributed by atoms with Crippen molar-refractivity contribution in [3.63, 3.8) is 0 Å². The molecule has 1 atom stereocenters. The van der Waals surface area contributed by atoms with Crippen LogP contribution in [0.5, 0.6) is 0 Å². The molecule has 0 bridgehead atoms. The number of nitrogens with zero attached hydrogens (tertiary/aromatic N) is 1. The zero-order valence-electron chi connectivity index (χ0n) is 14.5. The summed E-state index contributed by atoms with van der Waals surface area (Å²) in [4.78, 5) is 28.6. The maximum atomic E-state index is 13.0. The maximum absolute atomic E-state index is 13.0. The summed E-state index contributed by atoms with van der Waals surface area (Å²) in [5, 5.41) is 5.44. The molecule has 1 aromatic heterocycles. The molecule has 0 aliphatic heterocycles. The number of thiazole rings is 1. The second kappa shape index (κ2) is 9.85. The van der Waals surface area contributed by atoms with Crippen LogP contribution in [0.2, 0.25) is 5.02 Å². The largest absolute Gasteiger partial charge is 0.464 e. The summed E-state index contributed by atoms with van der Waals surface area (Å²) in [6.45, 7) is 0. The van der Waals surface area contributed by atoms with E-state index in [1.54, 1.807) is 11.4 Å². The third-order valence-electron chi connectivity index (χ3n) is 4.74. The summed E-state index contributed by atoms with van der Waals surface area (Å²) in [6, 6.07) is 7.46. The average molecular weight is 409 g/mol. The number of nitrogens with one attached hydrogen (secondary N) is 1. The van der Waals surface area contributed by atoms with Crippen molar-refractivity contribution in [1.29, 1.82) is 0 Å². The van der Waals surface area contributed by atoms with E-state index in [0.29, 0.717) is 16.1 Å². The van der Waals surface area contributed by atoms with E-state index in [-0.39, 0.29) is 24.9 Å². The summed E-state index contributed by atoms with van der Waals surface area (Å²) in [7, 11) is 1.30. The Morgan fingerprint density at radius 2 is 2.11 bits per heavy atom. The Kier molecular flexibility index (Phi) is 7.80. The molecular weight excluding hydrogens is 384 g/mol. The number of halogens is 1. The van der Waals surface area contributed by atoms with E-state index in [9.17, 15) is 9.59 Å². The van der Waals surface area contributed by atoms with Crippen LogP contribution in [-0.4, -0.2) is 24.0 Å². The van der Waals surface area contributed by atoms with Crippen LogP contribution in [0.4, 0.5) is 5.13 Å². The zero-order chi connectivity index (χ0) is 18.5. The van der Waals surface area contributed by atoms with Crippen LogP contribution in [0.3, 0.4) is 0 Å². The number of amides is 1. The van der Waals surface area contributed by atoms with Crippen LogP contribution in [0.15, 0.2) is 29.6 Å². The quantitative estimate of drug-likeness (QED) is 0.638. The van der Waals surface area contributed by atoms with E-state index >= 15 is 0 Å². The molecule has 5 nitrogen and oxygen atoms in total. The molecule has 1 fully saturated rings. The van der Waals surface area contributed by atoms with Crippen LogP contribution in [0.25, 0.3) is 0 Å². The van der Waals surface area contributed by atoms with E-state index in [2.05, 4.69) is 15.0 Å². The Labute approximate surface area is 169 Å². The fourth-order valence-electron chi connectivity index (χ4n) is 3.42. The summed E-state index contributed by atoms with van der Waals surface area (Å²) in [5.41, 5.74) is 1.11. The number of carbonyl (C=O) groups excluding carboxylic acids is 2. The smallest absolute Gasteiger partial charge is 0.357 e. The van der Waals surface area contributed by atoms with Gasteiger partial charge in [-0.15, -0.1) is 11.3 Å². The van der Waals surface area contributed by atoms with Crippen molar-refractivity contribution in [3.8, 4) is 0 Å². The van der Waals surface area contributed by atoms with Gasteiger partial charge in [-0.25, -0.2) is 9.78 Å². The fraction of sp³-hybridized carbons (Fsp3) is 0.450. The van der Waals surface area contributed by atoms with Crippen molar-refractivity contribution >= 4 is 39.9 Å². The Morgan fingerprint density at radius 3 is 2.78 bits per heavy atom. The third-order valence-corrected chi connectivity index (χ3v) is 5.73. The minimum absolute atomic E-state index is 0. The van der Waals surface area contributed by atoms with Gasteiger partial charge in [-0.3, -0.25) is 4.79 Å². The monoisotopic (exact) mass is 408 g/mol. The molecule has 0 spiro atoms. The molecule has 1 saturated carbocycles. The van der Waals surface area contributed by atoms with E-state index in [1.807, 2.05) is 18.2 Å². The molecule has 1 unspecified atom stereocenters. The number of esters is 1. The van der Waals surface area contributed by atoms with E-state index in [0.717, 1.165) is 24.8 Å². The minimum atomic E-state index is -0.515. The van der Waals surface area contributed by atoms with E-state index in [4.69, 9.17) is 11.6 Å². The summed E-state index contributed by atoms with van der Waals surface area (Å²) >= 11 is 7.34. The lowest BCUT2D eigenvalue weighted by Crippen LogP contribution is -2.23. The Hall–Kier alpha value is -1.92. The highest BCUT2D eigenvalue weighted by Gasteiger charge is 2.27. The highest BCUT2D eigenvalue weighted by Crippen LogP contribution is 2.35. The molecule has 1 aliphatic carbocycles. The Balaban J connectivity index is 0.00000261. The summed E-state index contributed by atoms with van der Waals surface area (Å²) in [5.74, 6) is -0.377. The van der Waals surface area contributed by atoms with Crippen molar-refractivity contribution in [2.24, 2.45) is 5.92 Å². The van der Waals surface area contributed by atoms with Crippen molar-refractivity contribution in [3.05, 3.63) is 45.9 Å². The first-order valence-corrected chi connectivity index (χ1v) is 9.92. The molecule has 7 heteroatoms. The molecule has 2 aromatic rings. The molecule has 1 aromatic carbocycles. The highest BCUT2D eigenvalue weighted by molar-refractivity contribution is 7.14. The summed E-state index contributed by atoms with van der Waals surface area (Å²) < 4.78 is 4.65. The molecular formula is C20H25ClN2O3S. The Morgan fingerprint density at radius 1 is 1.37 bits per heavy atom. The van der Waals surface area contributed by atoms with Crippen molar-refractivity contribution in [2.45, 2.75) is 45.4 Å². The maximum Gasteiger partial charge on any atom is 0.357 e. The number of benzene rings is 1. The van der Waals surface area contributed by atoms with Crippen LogP contribution in [0.1, 0.15) is 61.5 Å². The van der Waals surface area contributed by atoms with Gasteiger partial charge in [0.05, 0.1) is 13.0 Å². The van der Waals surface area contributed by atoms with Gasteiger partial charge < -0.3 is 10.1 Å². The highest BCUT2D eigenvalue weighted by atomic mass is 35.5. The topological polar surface area (TPSA) is 68.3 Å². The summed E-state index contributed by atoms with van der Waals surface area (Å²) in [6.07, 6.45) is 5.57. The minimum Gasteiger partial charge on any atom is -0.464 e. The second-order valence-corrected chi connectivity index (χ2v) is 7.81. The van der Waals surface area contributed by atoms with Crippen LogP contribution < -0.4 is 5.32 Å². The number of anilines is 1. The molecule has 1 heterocycles. The first-order chi connectivity index (χ1) is 12.6. The molecule has 1 amide bonds. The lowest BCUT2D eigenvalue weighted by atomic mass is 9.87. The number of carbonyl (C=O) groups is 2. The van der Waals surface area contributed by atoms with Gasteiger partial charge in [0.2, 0.25) is 5.91 Å². The van der Waals surface area contributed by atoms with Crippen molar-refractivity contribution < 1.29 is 14.3 Å². The van der Waals surface area contributed by atoms with Gasteiger partial charge in [0.25, 0.3) is 0 Å². The van der Waals surface area contributed by atoms with Crippen molar-refractivity contribution in [2.75, 3.05) is 12.4 Å². The molecule has 1 aliphatic rings. The molecule has 1 N–H and O–H groups in total. The molecule has 3 rings (SSSR count). The Bertz CT molecular complexity index is 787. The first kappa shape index (κ1) is 21.4. The fourth-order valence-corrected chi connectivity index (χ4v) is 4.30. The molecule has 0 saturated heterocycles. The number of hydrogen-bond donors (Lipinski definition) is 1.